The molecule has 1 aromatic carbocycles. The van der Waals surface area contributed by atoms with Crippen molar-refractivity contribution in [3.05, 3.63) is 33.3 Å². The first kappa shape index (κ1) is 13.3. The predicted octanol–water partition coefficient (Wildman–Crippen LogP) is 3.29. The second-order valence-corrected chi connectivity index (χ2v) is 5.92. The summed E-state index contributed by atoms with van der Waals surface area (Å²) in [5.41, 5.74) is 1.21. The average Bonchev–Trinajstić information content (AvgIpc) is 3.12. The van der Waals surface area contributed by atoms with Crippen molar-refractivity contribution in [1.29, 1.82) is 0 Å². The Bertz CT molecular complexity index is 380. The van der Waals surface area contributed by atoms with Gasteiger partial charge in [-0.3, -0.25) is 0 Å². The molecule has 0 aromatic heterocycles. The zero-order valence-corrected chi connectivity index (χ0v) is 12.4. The van der Waals surface area contributed by atoms with E-state index in [0.717, 1.165) is 35.2 Å². The van der Waals surface area contributed by atoms with E-state index in [1.54, 1.807) is 0 Å². The Labute approximate surface area is 116 Å². The molecule has 94 valence electrons. The minimum Gasteiger partial charge on any atom is -0.311 e. The summed E-state index contributed by atoms with van der Waals surface area (Å²) in [6.07, 6.45) is 2.74. The fourth-order valence-corrected chi connectivity index (χ4v) is 2.44. The van der Waals surface area contributed by atoms with Crippen LogP contribution in [0.5, 0.6) is 0 Å². The molecule has 0 heterocycles. The van der Waals surface area contributed by atoms with Crippen LogP contribution in [0.25, 0.3) is 0 Å². The Balaban J connectivity index is 1.71. The normalized spacial score (nSPS) is 15.5. The van der Waals surface area contributed by atoms with Gasteiger partial charge in [-0.15, -0.1) is 0 Å². The fourth-order valence-electron chi connectivity index (χ4n) is 1.86. The van der Waals surface area contributed by atoms with Gasteiger partial charge in [-0.2, -0.15) is 0 Å². The SMILES string of the molecule is CN(CCNCc1cc(Cl)ccc1Br)C1CC1. The molecule has 0 saturated heterocycles. The lowest BCUT2D eigenvalue weighted by molar-refractivity contribution is 0.321. The van der Waals surface area contributed by atoms with Crippen molar-refractivity contribution in [2.45, 2.75) is 25.4 Å². The van der Waals surface area contributed by atoms with Crippen LogP contribution < -0.4 is 5.32 Å². The first-order valence-corrected chi connectivity index (χ1v) is 7.19. The summed E-state index contributed by atoms with van der Waals surface area (Å²) in [7, 11) is 2.20. The van der Waals surface area contributed by atoms with Crippen LogP contribution in [0.15, 0.2) is 22.7 Å². The number of nitrogens with one attached hydrogen (secondary N) is 1. The van der Waals surface area contributed by atoms with Gasteiger partial charge in [0.2, 0.25) is 0 Å². The molecule has 0 atom stereocenters. The van der Waals surface area contributed by atoms with E-state index in [-0.39, 0.29) is 0 Å². The molecule has 1 aliphatic carbocycles. The van der Waals surface area contributed by atoms with E-state index in [4.69, 9.17) is 11.6 Å². The van der Waals surface area contributed by atoms with Crippen LogP contribution in [0.2, 0.25) is 5.02 Å². The van der Waals surface area contributed by atoms with Gasteiger partial charge in [0, 0.05) is 35.2 Å². The van der Waals surface area contributed by atoms with E-state index in [0.29, 0.717) is 0 Å². The Morgan fingerprint density at radius 2 is 2.24 bits per heavy atom. The summed E-state index contributed by atoms with van der Waals surface area (Å²) in [4.78, 5) is 2.43. The Morgan fingerprint density at radius 1 is 1.47 bits per heavy atom. The Kier molecular flexibility index (Phi) is 4.86. The smallest absolute Gasteiger partial charge is 0.0410 e. The molecule has 0 spiro atoms. The molecular weight excluding hydrogens is 300 g/mol. The maximum absolute atomic E-state index is 5.97. The molecule has 0 unspecified atom stereocenters. The van der Waals surface area contributed by atoms with E-state index in [1.165, 1.54) is 18.4 Å². The molecule has 0 radical (unpaired) electrons. The van der Waals surface area contributed by atoms with Crippen LogP contribution in [0.4, 0.5) is 0 Å². The van der Waals surface area contributed by atoms with Crippen molar-refractivity contribution < 1.29 is 0 Å². The van der Waals surface area contributed by atoms with Gasteiger partial charge in [0.15, 0.2) is 0 Å². The molecule has 0 aliphatic heterocycles. The molecule has 1 N–H and O–H groups in total. The number of hydrogen-bond donors (Lipinski definition) is 1. The van der Waals surface area contributed by atoms with Gasteiger partial charge in [-0.05, 0) is 43.7 Å². The summed E-state index contributed by atoms with van der Waals surface area (Å²) < 4.78 is 1.12. The highest BCUT2D eigenvalue weighted by Crippen LogP contribution is 2.24. The number of nitrogens with zero attached hydrogens (tertiary/aromatic N) is 1. The predicted molar refractivity (Wildman–Crippen MR) is 76.5 cm³/mol. The monoisotopic (exact) mass is 316 g/mol. The number of halogens is 2. The van der Waals surface area contributed by atoms with Crippen LogP contribution >= 0.6 is 27.5 Å². The standard InChI is InChI=1S/C13H18BrClN2/c1-17(12-3-4-12)7-6-16-9-10-8-11(15)2-5-13(10)14/h2,5,8,12,16H,3-4,6-7,9H2,1H3. The molecule has 1 saturated carbocycles. The summed E-state index contributed by atoms with van der Waals surface area (Å²) in [5.74, 6) is 0. The van der Waals surface area contributed by atoms with Gasteiger partial charge in [0.25, 0.3) is 0 Å². The largest absolute Gasteiger partial charge is 0.311 e. The average molecular weight is 318 g/mol. The molecular formula is C13H18BrClN2. The third-order valence-corrected chi connectivity index (χ3v) is 4.14. The van der Waals surface area contributed by atoms with E-state index in [1.807, 2.05) is 18.2 Å². The highest BCUT2D eigenvalue weighted by Gasteiger charge is 2.25. The molecule has 4 heteroatoms. The summed E-state index contributed by atoms with van der Waals surface area (Å²) in [5, 5.41) is 4.24. The van der Waals surface area contributed by atoms with E-state index in [2.05, 4.69) is 33.2 Å². The van der Waals surface area contributed by atoms with Crippen LogP contribution in [0.1, 0.15) is 18.4 Å². The van der Waals surface area contributed by atoms with E-state index < -0.39 is 0 Å². The lowest BCUT2D eigenvalue weighted by Gasteiger charge is -2.16. The van der Waals surface area contributed by atoms with E-state index in [9.17, 15) is 0 Å². The van der Waals surface area contributed by atoms with Gasteiger partial charge >= 0.3 is 0 Å². The number of benzene rings is 1. The summed E-state index contributed by atoms with van der Waals surface area (Å²) in [6.45, 7) is 2.99. The molecule has 17 heavy (non-hydrogen) atoms. The highest BCUT2D eigenvalue weighted by molar-refractivity contribution is 9.10. The van der Waals surface area contributed by atoms with Gasteiger partial charge in [0.1, 0.15) is 0 Å². The van der Waals surface area contributed by atoms with Gasteiger partial charge in [-0.25, -0.2) is 0 Å². The molecule has 2 nitrogen and oxygen atoms in total. The third kappa shape index (κ3) is 4.25. The number of likely N-dealkylation sites (N-methyl/N-ethyl adjacent to an activating group) is 1. The Hall–Kier alpha value is -0.0900. The summed E-state index contributed by atoms with van der Waals surface area (Å²) in [6, 6.07) is 6.74. The minimum atomic E-state index is 0.792. The minimum absolute atomic E-state index is 0.792. The van der Waals surface area contributed by atoms with Crippen molar-refractivity contribution in [3.63, 3.8) is 0 Å². The van der Waals surface area contributed by atoms with Crippen molar-refractivity contribution in [1.82, 2.24) is 10.2 Å². The van der Waals surface area contributed by atoms with Gasteiger partial charge < -0.3 is 10.2 Å². The maximum Gasteiger partial charge on any atom is 0.0410 e. The van der Waals surface area contributed by atoms with Gasteiger partial charge in [-0.1, -0.05) is 27.5 Å². The van der Waals surface area contributed by atoms with Crippen molar-refractivity contribution in [2.75, 3.05) is 20.1 Å². The second-order valence-electron chi connectivity index (χ2n) is 4.62. The second kappa shape index (κ2) is 6.19. The van der Waals surface area contributed by atoms with E-state index >= 15 is 0 Å². The molecule has 1 fully saturated rings. The van der Waals surface area contributed by atoms with Crippen LogP contribution in [-0.2, 0) is 6.54 Å². The first-order valence-electron chi connectivity index (χ1n) is 6.01. The van der Waals surface area contributed by atoms with Crippen molar-refractivity contribution in [2.24, 2.45) is 0 Å². The first-order chi connectivity index (χ1) is 8.16. The maximum atomic E-state index is 5.97. The van der Waals surface area contributed by atoms with Crippen molar-refractivity contribution >= 4 is 27.5 Å². The number of hydrogen-bond acceptors (Lipinski definition) is 2. The van der Waals surface area contributed by atoms with Crippen LogP contribution in [-0.4, -0.2) is 31.1 Å². The van der Waals surface area contributed by atoms with Crippen LogP contribution in [0.3, 0.4) is 0 Å². The Morgan fingerprint density at radius 3 is 2.94 bits per heavy atom. The topological polar surface area (TPSA) is 15.3 Å². The number of rotatable bonds is 6. The third-order valence-electron chi connectivity index (χ3n) is 3.13. The molecule has 0 bridgehead atoms. The highest BCUT2D eigenvalue weighted by atomic mass is 79.9. The van der Waals surface area contributed by atoms with Gasteiger partial charge in [0.05, 0.1) is 0 Å². The fraction of sp³-hybridized carbons (Fsp3) is 0.538. The lowest BCUT2D eigenvalue weighted by atomic mass is 10.2. The molecule has 0 amide bonds. The summed E-state index contributed by atoms with van der Waals surface area (Å²) >= 11 is 9.51. The molecule has 1 aromatic rings. The zero-order valence-electron chi connectivity index (χ0n) is 10.0. The zero-order chi connectivity index (χ0) is 12.3. The quantitative estimate of drug-likeness (QED) is 0.810. The van der Waals surface area contributed by atoms with Crippen LogP contribution in [0, 0.1) is 0 Å². The molecule has 1 aliphatic rings. The van der Waals surface area contributed by atoms with Crippen molar-refractivity contribution in [3.8, 4) is 0 Å². The lowest BCUT2D eigenvalue weighted by Crippen LogP contribution is -2.30. The molecule has 2 rings (SSSR count).